The molecule has 2 fully saturated rings. The molecule has 6 nitrogen and oxygen atoms in total. The molecule has 2 rings (SSSR count). The maximum Gasteiger partial charge on any atom is 0.234 e. The minimum absolute atomic E-state index is 0.197. The van der Waals surface area contributed by atoms with Crippen LogP contribution >= 0.6 is 0 Å². The fourth-order valence-electron chi connectivity index (χ4n) is 3.38. The smallest absolute Gasteiger partial charge is 0.234 e. The van der Waals surface area contributed by atoms with Gasteiger partial charge in [0, 0.05) is 58.5 Å². The standard InChI is InChI=1S/C17H34N4O2/c1-3-19-7-5-16(6-8-19)18-17(22)15-21-11-9-20(10-12-21)13-14-23-4-2/h16H,3-15H2,1-2H3,(H,18,22). The van der Waals surface area contributed by atoms with E-state index in [1.807, 2.05) is 6.92 Å². The Labute approximate surface area is 141 Å². The van der Waals surface area contributed by atoms with Crippen molar-refractivity contribution in [3.05, 3.63) is 0 Å². The first-order chi connectivity index (χ1) is 11.2. The molecule has 0 aromatic carbocycles. The van der Waals surface area contributed by atoms with Crippen LogP contribution in [-0.4, -0.2) is 98.8 Å². The summed E-state index contributed by atoms with van der Waals surface area (Å²) < 4.78 is 5.41. The summed E-state index contributed by atoms with van der Waals surface area (Å²) in [6.07, 6.45) is 2.18. The third-order valence-corrected chi connectivity index (χ3v) is 4.99. The van der Waals surface area contributed by atoms with E-state index in [-0.39, 0.29) is 5.91 Å². The van der Waals surface area contributed by atoms with E-state index in [1.54, 1.807) is 0 Å². The molecule has 1 N–H and O–H groups in total. The normalized spacial score (nSPS) is 22.3. The molecule has 2 aliphatic heterocycles. The van der Waals surface area contributed by atoms with Crippen LogP contribution in [-0.2, 0) is 9.53 Å². The van der Waals surface area contributed by atoms with Gasteiger partial charge in [0.1, 0.15) is 0 Å². The van der Waals surface area contributed by atoms with Crippen LogP contribution in [0.25, 0.3) is 0 Å². The molecule has 0 radical (unpaired) electrons. The average Bonchev–Trinajstić information content (AvgIpc) is 2.57. The van der Waals surface area contributed by atoms with Crippen molar-refractivity contribution in [1.82, 2.24) is 20.0 Å². The Morgan fingerprint density at radius 1 is 1.00 bits per heavy atom. The summed E-state index contributed by atoms with van der Waals surface area (Å²) in [5, 5.41) is 3.22. The van der Waals surface area contributed by atoms with Gasteiger partial charge in [0.05, 0.1) is 13.2 Å². The lowest BCUT2D eigenvalue weighted by atomic mass is 10.1. The summed E-state index contributed by atoms with van der Waals surface area (Å²) in [6, 6.07) is 0.373. The number of likely N-dealkylation sites (tertiary alicyclic amines) is 1. The van der Waals surface area contributed by atoms with Gasteiger partial charge in [-0.15, -0.1) is 0 Å². The maximum atomic E-state index is 12.2. The van der Waals surface area contributed by atoms with Crippen molar-refractivity contribution in [2.24, 2.45) is 0 Å². The third kappa shape index (κ3) is 6.75. The number of piperidine rings is 1. The second-order valence-electron chi connectivity index (χ2n) is 6.59. The molecule has 2 aliphatic rings. The van der Waals surface area contributed by atoms with Crippen LogP contribution in [0.2, 0.25) is 0 Å². The van der Waals surface area contributed by atoms with E-state index in [0.717, 1.165) is 78.4 Å². The zero-order chi connectivity index (χ0) is 16.5. The van der Waals surface area contributed by atoms with E-state index in [1.165, 1.54) is 0 Å². The van der Waals surface area contributed by atoms with E-state index >= 15 is 0 Å². The summed E-state index contributed by atoms with van der Waals surface area (Å²) in [5.41, 5.74) is 0. The SMILES string of the molecule is CCOCCN1CCN(CC(=O)NC2CCN(CC)CC2)CC1. The van der Waals surface area contributed by atoms with Crippen molar-refractivity contribution in [2.75, 3.05) is 72.1 Å². The molecule has 0 aromatic heterocycles. The summed E-state index contributed by atoms with van der Waals surface area (Å²) in [4.78, 5) is 19.4. The molecular weight excluding hydrogens is 292 g/mol. The van der Waals surface area contributed by atoms with Gasteiger partial charge in [-0.2, -0.15) is 0 Å². The predicted octanol–water partition coefficient (Wildman–Crippen LogP) is 0.241. The van der Waals surface area contributed by atoms with Crippen LogP contribution < -0.4 is 5.32 Å². The monoisotopic (exact) mass is 326 g/mol. The highest BCUT2D eigenvalue weighted by Gasteiger charge is 2.22. The fourth-order valence-corrected chi connectivity index (χ4v) is 3.38. The topological polar surface area (TPSA) is 48.1 Å². The molecular formula is C17H34N4O2. The second-order valence-corrected chi connectivity index (χ2v) is 6.59. The van der Waals surface area contributed by atoms with Gasteiger partial charge in [-0.1, -0.05) is 6.92 Å². The molecule has 134 valence electrons. The number of amides is 1. The van der Waals surface area contributed by atoms with Crippen LogP contribution in [0, 0.1) is 0 Å². The van der Waals surface area contributed by atoms with Crippen molar-refractivity contribution in [1.29, 1.82) is 0 Å². The molecule has 1 amide bonds. The second kappa shape index (κ2) is 10.2. The van der Waals surface area contributed by atoms with Crippen molar-refractivity contribution < 1.29 is 9.53 Å². The first kappa shape index (κ1) is 18.6. The molecule has 0 unspecified atom stereocenters. The van der Waals surface area contributed by atoms with Crippen LogP contribution in [0.4, 0.5) is 0 Å². The average molecular weight is 326 g/mol. The lowest BCUT2D eigenvalue weighted by Crippen LogP contribution is -2.52. The summed E-state index contributed by atoms with van der Waals surface area (Å²) in [5.74, 6) is 0.197. The fraction of sp³-hybridized carbons (Fsp3) is 0.941. The molecule has 2 heterocycles. The lowest BCUT2D eigenvalue weighted by molar-refractivity contribution is -0.123. The van der Waals surface area contributed by atoms with Crippen molar-refractivity contribution in [2.45, 2.75) is 32.7 Å². The predicted molar refractivity (Wildman–Crippen MR) is 92.7 cm³/mol. The third-order valence-electron chi connectivity index (χ3n) is 4.99. The Bertz CT molecular complexity index is 337. The van der Waals surface area contributed by atoms with Gasteiger partial charge in [0.25, 0.3) is 0 Å². The summed E-state index contributed by atoms with van der Waals surface area (Å²) in [7, 11) is 0. The number of nitrogens with one attached hydrogen (secondary N) is 1. The Morgan fingerprint density at radius 2 is 1.65 bits per heavy atom. The minimum atomic E-state index is 0.197. The molecule has 0 aromatic rings. The number of carbonyl (C=O) groups is 1. The number of hydrogen-bond acceptors (Lipinski definition) is 5. The van der Waals surface area contributed by atoms with E-state index in [9.17, 15) is 4.79 Å². The van der Waals surface area contributed by atoms with Gasteiger partial charge in [0.2, 0.25) is 5.91 Å². The number of piperazine rings is 1. The number of rotatable bonds is 8. The van der Waals surface area contributed by atoms with E-state index in [0.29, 0.717) is 12.6 Å². The summed E-state index contributed by atoms with van der Waals surface area (Å²) >= 11 is 0. The van der Waals surface area contributed by atoms with Crippen molar-refractivity contribution in [3.8, 4) is 0 Å². The maximum absolute atomic E-state index is 12.2. The number of ether oxygens (including phenoxy) is 1. The van der Waals surface area contributed by atoms with Crippen molar-refractivity contribution in [3.63, 3.8) is 0 Å². The lowest BCUT2D eigenvalue weighted by Gasteiger charge is -2.35. The quantitative estimate of drug-likeness (QED) is 0.648. The molecule has 0 spiro atoms. The van der Waals surface area contributed by atoms with E-state index < -0.39 is 0 Å². The Hall–Kier alpha value is -0.690. The minimum Gasteiger partial charge on any atom is -0.380 e. The van der Waals surface area contributed by atoms with E-state index in [4.69, 9.17) is 4.74 Å². The van der Waals surface area contributed by atoms with Gasteiger partial charge in [-0.05, 0) is 26.3 Å². The first-order valence-corrected chi connectivity index (χ1v) is 9.25. The van der Waals surface area contributed by atoms with Crippen LogP contribution in [0.5, 0.6) is 0 Å². The van der Waals surface area contributed by atoms with Crippen LogP contribution in [0.1, 0.15) is 26.7 Å². The van der Waals surface area contributed by atoms with E-state index in [2.05, 4.69) is 26.9 Å². The summed E-state index contributed by atoms with van der Waals surface area (Å²) in [6.45, 7) is 14.8. The van der Waals surface area contributed by atoms with Gasteiger partial charge < -0.3 is 15.0 Å². The largest absolute Gasteiger partial charge is 0.380 e. The highest BCUT2D eigenvalue weighted by Crippen LogP contribution is 2.10. The van der Waals surface area contributed by atoms with Gasteiger partial charge in [-0.3, -0.25) is 14.6 Å². The molecule has 0 aliphatic carbocycles. The van der Waals surface area contributed by atoms with Crippen LogP contribution in [0.15, 0.2) is 0 Å². The molecule has 0 atom stereocenters. The molecule has 6 heteroatoms. The molecule has 23 heavy (non-hydrogen) atoms. The Balaban J connectivity index is 1.58. The van der Waals surface area contributed by atoms with Crippen LogP contribution in [0.3, 0.4) is 0 Å². The number of nitrogens with zero attached hydrogens (tertiary/aromatic N) is 3. The highest BCUT2D eigenvalue weighted by molar-refractivity contribution is 5.78. The Kier molecular flexibility index (Phi) is 8.30. The zero-order valence-electron chi connectivity index (χ0n) is 14.9. The molecule has 0 bridgehead atoms. The first-order valence-electron chi connectivity index (χ1n) is 9.25. The Morgan fingerprint density at radius 3 is 2.26 bits per heavy atom. The molecule has 2 saturated heterocycles. The highest BCUT2D eigenvalue weighted by atomic mass is 16.5. The van der Waals surface area contributed by atoms with Gasteiger partial charge >= 0.3 is 0 Å². The zero-order valence-corrected chi connectivity index (χ0v) is 14.9. The van der Waals surface area contributed by atoms with Crippen molar-refractivity contribution >= 4 is 5.91 Å². The van der Waals surface area contributed by atoms with Gasteiger partial charge in [0.15, 0.2) is 0 Å². The van der Waals surface area contributed by atoms with Gasteiger partial charge in [-0.25, -0.2) is 0 Å². The number of carbonyl (C=O) groups excluding carboxylic acids is 1. The molecule has 0 saturated carbocycles. The number of hydrogen-bond donors (Lipinski definition) is 1.